The van der Waals surface area contributed by atoms with Crippen LogP contribution >= 0.6 is 0 Å². The van der Waals surface area contributed by atoms with Crippen molar-refractivity contribution in [2.75, 3.05) is 12.8 Å². The van der Waals surface area contributed by atoms with Crippen LogP contribution in [0.1, 0.15) is 42.0 Å². The second-order valence-corrected chi connectivity index (χ2v) is 6.09. The number of anilines is 1. The van der Waals surface area contributed by atoms with Gasteiger partial charge in [0.1, 0.15) is 0 Å². The molecule has 6 heteroatoms. The zero-order valence-electron chi connectivity index (χ0n) is 16.1. The van der Waals surface area contributed by atoms with E-state index in [1.54, 1.807) is 20.0 Å². The van der Waals surface area contributed by atoms with Crippen LogP contribution in [0.15, 0.2) is 52.4 Å². The maximum atomic E-state index is 12.0. The number of alkyl halides is 3. The van der Waals surface area contributed by atoms with Gasteiger partial charge in [0.15, 0.2) is 5.84 Å². The lowest BCUT2D eigenvalue weighted by atomic mass is 10.1. The third-order valence-electron chi connectivity index (χ3n) is 3.72. The van der Waals surface area contributed by atoms with Gasteiger partial charge < -0.3 is 5.73 Å². The van der Waals surface area contributed by atoms with Crippen LogP contribution in [0.4, 0.5) is 18.9 Å². The average molecular weight is 377 g/mol. The number of hydrogen-bond donors (Lipinski definition) is 1. The lowest BCUT2D eigenvalue weighted by Gasteiger charge is -2.05. The van der Waals surface area contributed by atoms with Crippen molar-refractivity contribution >= 4 is 17.7 Å². The van der Waals surface area contributed by atoms with Gasteiger partial charge in [-0.1, -0.05) is 37.1 Å². The van der Waals surface area contributed by atoms with Crippen LogP contribution in [0.3, 0.4) is 0 Å². The monoisotopic (exact) mass is 377 g/mol. The third kappa shape index (κ3) is 7.64. The first-order chi connectivity index (χ1) is 12.7. The van der Waals surface area contributed by atoms with Gasteiger partial charge in [0, 0.05) is 24.5 Å². The smallest absolute Gasteiger partial charge is 0.399 e. The number of nitrogens with zero attached hydrogens (tertiary/aromatic N) is 2. The van der Waals surface area contributed by atoms with E-state index < -0.39 is 11.7 Å². The standard InChI is InChI=1S/C13H19N3.C8H7F3/c1-4-5-8-16-13(15-3)11-6-7-12(14)10(2)9-11;1-6-3-2-4-7(5-6)8(9,10)11/h6-9H,4-5,14H2,1-3H3;2-5H,1H3. The molecule has 0 spiro atoms. The molecule has 0 aliphatic heterocycles. The van der Waals surface area contributed by atoms with Crippen molar-refractivity contribution in [1.82, 2.24) is 0 Å². The molecule has 2 N–H and O–H groups in total. The van der Waals surface area contributed by atoms with Crippen molar-refractivity contribution in [3.8, 4) is 0 Å². The van der Waals surface area contributed by atoms with Gasteiger partial charge in [-0.2, -0.15) is 13.2 Å². The average Bonchev–Trinajstić information content (AvgIpc) is 2.61. The van der Waals surface area contributed by atoms with E-state index in [1.165, 1.54) is 6.07 Å². The summed E-state index contributed by atoms with van der Waals surface area (Å²) in [7, 11) is 1.75. The van der Waals surface area contributed by atoms with Crippen molar-refractivity contribution in [1.29, 1.82) is 0 Å². The van der Waals surface area contributed by atoms with Crippen LogP contribution in [0.2, 0.25) is 0 Å². The molecule has 2 aromatic rings. The van der Waals surface area contributed by atoms with Gasteiger partial charge >= 0.3 is 6.18 Å². The first kappa shape index (κ1) is 22.4. The first-order valence-corrected chi connectivity index (χ1v) is 8.68. The van der Waals surface area contributed by atoms with E-state index in [-0.39, 0.29) is 0 Å². The molecule has 27 heavy (non-hydrogen) atoms. The van der Waals surface area contributed by atoms with Gasteiger partial charge in [0.05, 0.1) is 5.56 Å². The molecule has 0 atom stereocenters. The van der Waals surface area contributed by atoms with Crippen LogP contribution in [0.25, 0.3) is 0 Å². The molecule has 0 saturated carbocycles. The fourth-order valence-corrected chi connectivity index (χ4v) is 2.18. The number of halogens is 3. The van der Waals surface area contributed by atoms with E-state index in [2.05, 4.69) is 16.9 Å². The summed E-state index contributed by atoms with van der Waals surface area (Å²) in [6.07, 6.45) is -0.228. The molecule has 0 bridgehead atoms. The minimum Gasteiger partial charge on any atom is -0.399 e. The molecular formula is C21H26F3N3. The summed E-state index contributed by atoms with van der Waals surface area (Å²) in [5, 5.41) is 0. The number of aliphatic imine (C=N–C) groups is 2. The lowest BCUT2D eigenvalue weighted by Crippen LogP contribution is -2.04. The third-order valence-corrected chi connectivity index (χ3v) is 3.72. The maximum Gasteiger partial charge on any atom is 0.416 e. The Bertz CT molecular complexity index is 793. The highest BCUT2D eigenvalue weighted by molar-refractivity contribution is 6.03. The van der Waals surface area contributed by atoms with E-state index in [4.69, 9.17) is 5.73 Å². The van der Waals surface area contributed by atoms with Crippen LogP contribution in [-0.4, -0.2) is 19.1 Å². The minimum atomic E-state index is -4.22. The number of amidine groups is 1. The first-order valence-electron chi connectivity index (χ1n) is 8.68. The molecule has 2 aromatic carbocycles. The highest BCUT2D eigenvalue weighted by atomic mass is 19.4. The Morgan fingerprint density at radius 3 is 2.30 bits per heavy atom. The lowest BCUT2D eigenvalue weighted by molar-refractivity contribution is -0.137. The quantitative estimate of drug-likeness (QED) is 0.408. The summed E-state index contributed by atoms with van der Waals surface area (Å²) < 4.78 is 35.9. The number of benzene rings is 2. The van der Waals surface area contributed by atoms with E-state index in [9.17, 15) is 13.2 Å². The predicted octanol–water partition coefficient (Wildman–Crippen LogP) is 5.84. The van der Waals surface area contributed by atoms with Crippen molar-refractivity contribution in [3.63, 3.8) is 0 Å². The van der Waals surface area contributed by atoms with Crippen molar-refractivity contribution < 1.29 is 13.2 Å². The Morgan fingerprint density at radius 1 is 1.11 bits per heavy atom. The predicted molar refractivity (Wildman–Crippen MR) is 108 cm³/mol. The SMILES string of the molecule is CCCC=NC(=NC)c1ccc(N)c(C)c1.Cc1cccc(C(F)(F)F)c1. The summed E-state index contributed by atoms with van der Waals surface area (Å²) >= 11 is 0. The fourth-order valence-electron chi connectivity index (χ4n) is 2.18. The Kier molecular flexibility index (Phi) is 8.72. The molecule has 146 valence electrons. The highest BCUT2D eigenvalue weighted by Crippen LogP contribution is 2.29. The molecule has 0 aliphatic carbocycles. The molecule has 0 amide bonds. The second kappa shape index (κ2) is 10.5. The van der Waals surface area contributed by atoms with Gasteiger partial charge in [-0.3, -0.25) is 4.99 Å². The molecule has 0 heterocycles. The van der Waals surface area contributed by atoms with Crippen LogP contribution in [0, 0.1) is 13.8 Å². The minimum absolute atomic E-state index is 0.586. The number of nitrogen functional groups attached to an aromatic ring is 1. The normalized spacial score (nSPS) is 12.0. The number of rotatable bonds is 3. The molecule has 0 fully saturated rings. The van der Waals surface area contributed by atoms with E-state index >= 15 is 0 Å². The summed E-state index contributed by atoms with van der Waals surface area (Å²) in [5.74, 6) is 0.761. The van der Waals surface area contributed by atoms with Crippen molar-refractivity contribution in [2.45, 2.75) is 39.8 Å². The Morgan fingerprint density at radius 2 is 1.81 bits per heavy atom. The zero-order chi connectivity index (χ0) is 20.4. The van der Waals surface area contributed by atoms with Crippen LogP contribution in [-0.2, 0) is 6.18 Å². The number of unbranched alkanes of at least 4 members (excludes halogenated alkanes) is 1. The molecule has 0 radical (unpaired) electrons. The van der Waals surface area contributed by atoms with Gasteiger partial charge in [0.2, 0.25) is 0 Å². The van der Waals surface area contributed by atoms with E-state index in [1.807, 2.05) is 31.3 Å². The molecule has 0 aromatic heterocycles. The Hall–Kier alpha value is -2.63. The molecule has 2 rings (SSSR count). The Labute approximate surface area is 158 Å². The molecular weight excluding hydrogens is 351 g/mol. The highest BCUT2D eigenvalue weighted by Gasteiger charge is 2.29. The maximum absolute atomic E-state index is 12.0. The van der Waals surface area contributed by atoms with Crippen molar-refractivity contribution in [2.24, 2.45) is 9.98 Å². The second-order valence-electron chi connectivity index (χ2n) is 6.09. The summed E-state index contributed by atoms with van der Waals surface area (Å²) in [6.45, 7) is 5.75. The molecule has 0 saturated heterocycles. The largest absolute Gasteiger partial charge is 0.416 e. The summed E-state index contributed by atoms with van der Waals surface area (Å²) in [4.78, 5) is 8.54. The number of hydrogen-bond acceptors (Lipinski definition) is 2. The van der Waals surface area contributed by atoms with E-state index in [0.29, 0.717) is 5.56 Å². The molecule has 0 aliphatic rings. The molecule has 0 unspecified atom stereocenters. The summed E-state index contributed by atoms with van der Waals surface area (Å²) in [6, 6.07) is 11.1. The van der Waals surface area contributed by atoms with Crippen molar-refractivity contribution in [3.05, 3.63) is 64.7 Å². The molecule has 3 nitrogen and oxygen atoms in total. The van der Waals surface area contributed by atoms with Gasteiger partial charge in [0.25, 0.3) is 0 Å². The van der Waals surface area contributed by atoms with Gasteiger partial charge in [-0.15, -0.1) is 0 Å². The van der Waals surface area contributed by atoms with Gasteiger partial charge in [-0.25, -0.2) is 4.99 Å². The van der Waals surface area contributed by atoms with Gasteiger partial charge in [-0.05, 0) is 50.1 Å². The van der Waals surface area contributed by atoms with E-state index in [0.717, 1.165) is 47.6 Å². The topological polar surface area (TPSA) is 50.7 Å². The summed E-state index contributed by atoms with van der Waals surface area (Å²) in [5.41, 5.74) is 8.69. The zero-order valence-corrected chi connectivity index (χ0v) is 16.1. The Balaban J connectivity index is 0.000000289. The number of aryl methyl sites for hydroxylation is 2. The fraction of sp³-hybridized carbons (Fsp3) is 0.333. The van der Waals surface area contributed by atoms with Crippen LogP contribution < -0.4 is 5.73 Å². The number of nitrogens with two attached hydrogens (primary N) is 1. The van der Waals surface area contributed by atoms with Crippen LogP contribution in [0.5, 0.6) is 0 Å².